The molecule has 2 aromatic carbocycles. The maximum atomic E-state index is 13.5. The third kappa shape index (κ3) is 3.33. The number of benzene rings is 2. The van der Waals surface area contributed by atoms with Crippen molar-refractivity contribution < 1.29 is 9.53 Å². The molecule has 29 heavy (non-hydrogen) atoms. The van der Waals surface area contributed by atoms with E-state index in [0.29, 0.717) is 5.91 Å². The molecule has 3 heterocycles. The first kappa shape index (κ1) is 18.3. The van der Waals surface area contributed by atoms with E-state index in [0.717, 1.165) is 57.7 Å². The molecule has 2 aromatic rings. The molecule has 5 nitrogen and oxygen atoms in total. The second-order valence-corrected chi connectivity index (χ2v) is 8.38. The molecule has 0 radical (unpaired) electrons. The van der Waals surface area contributed by atoms with Crippen molar-refractivity contribution in [1.29, 1.82) is 0 Å². The van der Waals surface area contributed by atoms with Crippen LogP contribution in [0.25, 0.3) is 0 Å². The van der Waals surface area contributed by atoms with Crippen molar-refractivity contribution in [1.82, 2.24) is 4.90 Å². The highest BCUT2D eigenvalue weighted by Gasteiger charge is 2.43. The van der Waals surface area contributed by atoms with Gasteiger partial charge in [-0.1, -0.05) is 24.3 Å². The van der Waals surface area contributed by atoms with E-state index in [2.05, 4.69) is 57.2 Å². The predicted octanol–water partition coefficient (Wildman–Crippen LogP) is 3.19. The number of hydrogen-bond acceptors (Lipinski definition) is 4. The Hall–Kier alpha value is -2.69. The Morgan fingerprint density at radius 3 is 2.55 bits per heavy atom. The van der Waals surface area contributed by atoms with Crippen LogP contribution in [0.3, 0.4) is 0 Å². The molecule has 1 amide bonds. The lowest BCUT2D eigenvalue weighted by atomic mass is 9.83. The van der Waals surface area contributed by atoms with Gasteiger partial charge in [0.1, 0.15) is 5.75 Å². The topological polar surface area (TPSA) is 36.0 Å². The molecule has 3 aliphatic heterocycles. The van der Waals surface area contributed by atoms with Crippen molar-refractivity contribution in [2.45, 2.75) is 25.3 Å². The fourth-order valence-electron chi connectivity index (χ4n) is 5.23. The summed E-state index contributed by atoms with van der Waals surface area (Å²) in [6.45, 7) is 4.59. The van der Waals surface area contributed by atoms with Crippen LogP contribution in [-0.2, 0) is 11.2 Å². The van der Waals surface area contributed by atoms with Gasteiger partial charge < -0.3 is 19.4 Å². The van der Waals surface area contributed by atoms with Crippen molar-refractivity contribution in [3.8, 4) is 5.75 Å². The molecule has 5 rings (SSSR count). The number of hydrogen-bond donors (Lipinski definition) is 0. The number of rotatable bonds is 3. The van der Waals surface area contributed by atoms with E-state index < -0.39 is 0 Å². The SMILES string of the molecule is COc1ccc2c(c1)N1CCN(c3ccccc3)CC1C(C(=O)N1CCCC1)C2. The molecular weight excluding hydrogens is 362 g/mol. The van der Waals surface area contributed by atoms with E-state index in [4.69, 9.17) is 4.74 Å². The Bertz CT molecular complexity index is 879. The van der Waals surface area contributed by atoms with Gasteiger partial charge in [0.2, 0.25) is 5.91 Å². The first-order valence-electron chi connectivity index (χ1n) is 10.8. The number of para-hydroxylation sites is 1. The summed E-state index contributed by atoms with van der Waals surface area (Å²) in [5.41, 5.74) is 3.76. The summed E-state index contributed by atoms with van der Waals surface area (Å²) in [5, 5.41) is 0. The zero-order chi connectivity index (χ0) is 19.8. The van der Waals surface area contributed by atoms with E-state index in [1.807, 2.05) is 6.07 Å². The quantitative estimate of drug-likeness (QED) is 0.805. The normalized spacial score (nSPS) is 23.6. The zero-order valence-electron chi connectivity index (χ0n) is 17.1. The van der Waals surface area contributed by atoms with Gasteiger partial charge in [-0.3, -0.25) is 4.79 Å². The average Bonchev–Trinajstić information content (AvgIpc) is 3.33. The molecule has 2 saturated heterocycles. The lowest BCUT2D eigenvalue weighted by Gasteiger charge is -2.50. The third-order valence-corrected chi connectivity index (χ3v) is 6.78. The van der Waals surface area contributed by atoms with Crippen molar-refractivity contribution in [2.24, 2.45) is 5.92 Å². The molecule has 2 unspecified atom stereocenters. The smallest absolute Gasteiger partial charge is 0.228 e. The van der Waals surface area contributed by atoms with Gasteiger partial charge in [-0.25, -0.2) is 0 Å². The van der Waals surface area contributed by atoms with E-state index in [-0.39, 0.29) is 12.0 Å². The molecule has 0 bridgehead atoms. The predicted molar refractivity (Wildman–Crippen MR) is 116 cm³/mol. The lowest BCUT2D eigenvalue weighted by Crippen LogP contribution is -2.61. The third-order valence-electron chi connectivity index (χ3n) is 6.78. The highest BCUT2D eigenvalue weighted by atomic mass is 16.5. The number of amides is 1. The summed E-state index contributed by atoms with van der Waals surface area (Å²) < 4.78 is 5.49. The van der Waals surface area contributed by atoms with Crippen molar-refractivity contribution in [3.05, 3.63) is 54.1 Å². The van der Waals surface area contributed by atoms with Gasteiger partial charge in [0, 0.05) is 50.2 Å². The van der Waals surface area contributed by atoms with Crippen LogP contribution in [0.2, 0.25) is 0 Å². The number of ether oxygens (including phenoxy) is 1. The molecule has 3 aliphatic rings. The molecule has 2 fully saturated rings. The molecule has 0 aromatic heterocycles. The number of fused-ring (bicyclic) bond motifs is 3. The van der Waals surface area contributed by atoms with Crippen LogP contribution in [0.4, 0.5) is 11.4 Å². The maximum absolute atomic E-state index is 13.5. The number of likely N-dealkylation sites (tertiary alicyclic amines) is 1. The first-order chi connectivity index (χ1) is 14.2. The molecule has 152 valence electrons. The van der Waals surface area contributed by atoms with Gasteiger partial charge in [0.25, 0.3) is 0 Å². The minimum atomic E-state index is 0.0144. The maximum Gasteiger partial charge on any atom is 0.228 e. The Kier molecular flexibility index (Phi) is 4.82. The summed E-state index contributed by atoms with van der Waals surface area (Å²) in [6, 6.07) is 17.1. The zero-order valence-corrected chi connectivity index (χ0v) is 17.1. The summed E-state index contributed by atoms with van der Waals surface area (Å²) in [4.78, 5) is 20.5. The number of nitrogens with zero attached hydrogens (tertiary/aromatic N) is 3. The van der Waals surface area contributed by atoms with E-state index in [1.54, 1.807) is 7.11 Å². The van der Waals surface area contributed by atoms with Gasteiger partial charge in [-0.05, 0) is 43.0 Å². The lowest BCUT2D eigenvalue weighted by molar-refractivity contribution is -0.135. The van der Waals surface area contributed by atoms with Gasteiger partial charge >= 0.3 is 0 Å². The second kappa shape index (κ2) is 7.62. The average molecular weight is 392 g/mol. The van der Waals surface area contributed by atoms with Crippen molar-refractivity contribution in [3.63, 3.8) is 0 Å². The van der Waals surface area contributed by atoms with Crippen LogP contribution in [0.1, 0.15) is 18.4 Å². The Morgan fingerprint density at radius 2 is 1.79 bits per heavy atom. The van der Waals surface area contributed by atoms with E-state index in [1.165, 1.54) is 16.9 Å². The molecule has 2 atom stereocenters. The summed E-state index contributed by atoms with van der Waals surface area (Å²) >= 11 is 0. The fraction of sp³-hybridized carbons (Fsp3) is 0.458. The standard InChI is InChI=1S/C24H29N3O2/c1-29-20-10-9-18-15-21(24(28)25-11-5-6-12-25)23-17-26(19-7-3-2-4-8-19)13-14-27(23)22(18)16-20/h2-4,7-10,16,21,23H,5-6,11-15,17H2,1H3. The fourth-order valence-corrected chi connectivity index (χ4v) is 5.23. The Labute approximate surface area is 172 Å². The number of carbonyl (C=O) groups is 1. The summed E-state index contributed by atoms with van der Waals surface area (Å²) in [6.07, 6.45) is 3.09. The Balaban J connectivity index is 1.49. The molecule has 0 N–H and O–H groups in total. The van der Waals surface area contributed by atoms with Gasteiger partial charge in [0.05, 0.1) is 19.1 Å². The number of methoxy groups -OCH3 is 1. The summed E-state index contributed by atoms with van der Waals surface area (Å²) in [7, 11) is 1.72. The number of carbonyl (C=O) groups excluding carboxylic acids is 1. The van der Waals surface area contributed by atoms with Crippen molar-refractivity contribution in [2.75, 3.05) is 49.6 Å². The van der Waals surface area contributed by atoms with Gasteiger partial charge in [-0.15, -0.1) is 0 Å². The molecule has 0 saturated carbocycles. The van der Waals surface area contributed by atoms with E-state index >= 15 is 0 Å². The highest BCUT2D eigenvalue weighted by Crippen LogP contribution is 2.39. The van der Waals surface area contributed by atoms with Gasteiger partial charge in [0.15, 0.2) is 0 Å². The van der Waals surface area contributed by atoms with Crippen LogP contribution in [0.5, 0.6) is 5.75 Å². The first-order valence-corrected chi connectivity index (χ1v) is 10.8. The number of piperazine rings is 1. The van der Waals surface area contributed by atoms with Crippen LogP contribution in [0.15, 0.2) is 48.5 Å². The monoisotopic (exact) mass is 391 g/mol. The molecule has 0 aliphatic carbocycles. The van der Waals surface area contributed by atoms with Crippen LogP contribution < -0.4 is 14.5 Å². The Morgan fingerprint density at radius 1 is 1.00 bits per heavy atom. The van der Waals surface area contributed by atoms with Gasteiger partial charge in [-0.2, -0.15) is 0 Å². The van der Waals surface area contributed by atoms with Crippen LogP contribution in [0, 0.1) is 5.92 Å². The second-order valence-electron chi connectivity index (χ2n) is 8.38. The van der Waals surface area contributed by atoms with Crippen molar-refractivity contribution >= 4 is 17.3 Å². The summed E-state index contributed by atoms with van der Waals surface area (Å²) in [5.74, 6) is 1.24. The molecule has 5 heteroatoms. The van der Waals surface area contributed by atoms with Crippen LogP contribution in [-0.4, -0.2) is 56.7 Å². The largest absolute Gasteiger partial charge is 0.497 e. The minimum Gasteiger partial charge on any atom is -0.497 e. The molecule has 0 spiro atoms. The van der Waals surface area contributed by atoms with E-state index in [9.17, 15) is 4.79 Å². The minimum absolute atomic E-state index is 0.0144. The number of anilines is 2. The molecular formula is C24H29N3O2. The van der Waals surface area contributed by atoms with Crippen LogP contribution >= 0.6 is 0 Å². The highest BCUT2D eigenvalue weighted by molar-refractivity contribution is 5.83.